The molecule has 1 aromatic carbocycles. The number of carbonyl (C=O) groups excluding carboxylic acids is 1. The van der Waals surface area contributed by atoms with E-state index in [4.69, 9.17) is 4.98 Å². The van der Waals surface area contributed by atoms with Crippen LogP contribution in [0.3, 0.4) is 0 Å². The second-order valence-corrected chi connectivity index (χ2v) is 8.00. The molecule has 2 aliphatic rings. The van der Waals surface area contributed by atoms with E-state index in [-0.39, 0.29) is 17.1 Å². The molecule has 2 heterocycles. The van der Waals surface area contributed by atoms with E-state index in [1.54, 1.807) is 25.1 Å². The minimum absolute atomic E-state index is 0.00202. The summed E-state index contributed by atoms with van der Waals surface area (Å²) in [6.07, 6.45) is 5.94. The van der Waals surface area contributed by atoms with Crippen LogP contribution in [0.1, 0.15) is 46.4 Å². The van der Waals surface area contributed by atoms with Gasteiger partial charge in [-0.2, -0.15) is 0 Å². The Labute approximate surface area is 159 Å². The minimum atomic E-state index is -0.0817. The van der Waals surface area contributed by atoms with Gasteiger partial charge in [0, 0.05) is 49.9 Å². The third kappa shape index (κ3) is 2.93. The lowest BCUT2D eigenvalue weighted by atomic mass is 9.77. The van der Waals surface area contributed by atoms with E-state index in [1.165, 1.54) is 5.56 Å². The number of aryl methyl sites for hydroxylation is 1. The number of piperidine rings is 1. The molecule has 0 bridgehead atoms. The summed E-state index contributed by atoms with van der Waals surface area (Å²) in [5.41, 5.74) is 3.48. The topological polar surface area (TPSA) is 69.6 Å². The fourth-order valence-electron chi connectivity index (χ4n) is 4.48. The van der Waals surface area contributed by atoms with Gasteiger partial charge in [0.15, 0.2) is 0 Å². The molecule has 1 spiro atoms. The average molecular weight is 366 g/mol. The van der Waals surface area contributed by atoms with Gasteiger partial charge >= 0.3 is 0 Å². The second kappa shape index (κ2) is 6.51. The minimum Gasteiger partial charge on any atom is -0.508 e. The molecule has 1 fully saturated rings. The molecular formula is C21H26N4O2. The van der Waals surface area contributed by atoms with Crippen molar-refractivity contribution in [2.24, 2.45) is 0 Å². The normalized spacial score (nSPS) is 21.4. The molecule has 1 amide bonds. The van der Waals surface area contributed by atoms with Crippen molar-refractivity contribution in [3.8, 4) is 5.75 Å². The molecule has 1 aromatic heterocycles. The summed E-state index contributed by atoms with van der Waals surface area (Å²) in [6.45, 7) is 3.22. The number of fused-ring (bicyclic) bond motifs is 2. The van der Waals surface area contributed by atoms with E-state index in [1.807, 2.05) is 30.1 Å². The number of aromatic nitrogens is 2. The first-order valence-electron chi connectivity index (χ1n) is 9.53. The first-order chi connectivity index (χ1) is 12.9. The fraction of sp³-hybridized carbons (Fsp3) is 0.476. The van der Waals surface area contributed by atoms with Crippen LogP contribution in [0.5, 0.6) is 5.75 Å². The predicted octanol–water partition coefficient (Wildman–Crippen LogP) is 2.68. The van der Waals surface area contributed by atoms with Crippen molar-refractivity contribution in [2.75, 3.05) is 32.1 Å². The van der Waals surface area contributed by atoms with Crippen molar-refractivity contribution >= 4 is 11.9 Å². The van der Waals surface area contributed by atoms with Gasteiger partial charge in [0.05, 0.1) is 5.69 Å². The van der Waals surface area contributed by atoms with Gasteiger partial charge in [-0.15, -0.1) is 0 Å². The lowest BCUT2D eigenvalue weighted by Gasteiger charge is -2.40. The molecular weight excluding hydrogens is 340 g/mol. The van der Waals surface area contributed by atoms with Crippen molar-refractivity contribution in [2.45, 2.75) is 38.0 Å². The molecule has 1 aliphatic heterocycles. The molecule has 2 aromatic rings. The van der Waals surface area contributed by atoms with Crippen LogP contribution in [0.4, 0.5) is 5.95 Å². The van der Waals surface area contributed by atoms with Crippen molar-refractivity contribution in [3.63, 3.8) is 0 Å². The third-order valence-corrected chi connectivity index (χ3v) is 6.03. The van der Waals surface area contributed by atoms with Crippen LogP contribution in [0.2, 0.25) is 0 Å². The Bertz CT molecular complexity index is 892. The predicted molar refractivity (Wildman–Crippen MR) is 104 cm³/mol. The smallest absolute Gasteiger partial charge is 0.254 e. The highest BCUT2D eigenvalue weighted by Gasteiger charge is 2.45. The van der Waals surface area contributed by atoms with Gasteiger partial charge in [-0.1, -0.05) is 6.07 Å². The molecule has 0 saturated carbocycles. The van der Waals surface area contributed by atoms with Gasteiger partial charge in [0.1, 0.15) is 5.75 Å². The number of nitrogens with zero attached hydrogens (tertiary/aromatic N) is 4. The molecule has 1 N–H and O–H groups in total. The molecule has 1 aliphatic carbocycles. The summed E-state index contributed by atoms with van der Waals surface area (Å²) >= 11 is 0. The van der Waals surface area contributed by atoms with Crippen molar-refractivity contribution in [1.82, 2.24) is 14.9 Å². The van der Waals surface area contributed by atoms with Gasteiger partial charge in [-0.3, -0.25) is 4.79 Å². The van der Waals surface area contributed by atoms with Gasteiger partial charge in [-0.25, -0.2) is 9.97 Å². The quantitative estimate of drug-likeness (QED) is 0.885. The fourth-order valence-corrected chi connectivity index (χ4v) is 4.48. The van der Waals surface area contributed by atoms with Crippen LogP contribution >= 0.6 is 0 Å². The maximum absolute atomic E-state index is 13.2. The zero-order valence-corrected chi connectivity index (χ0v) is 16.2. The summed E-state index contributed by atoms with van der Waals surface area (Å²) < 4.78 is 0. The third-order valence-electron chi connectivity index (χ3n) is 6.03. The largest absolute Gasteiger partial charge is 0.508 e. The number of phenols is 1. The van der Waals surface area contributed by atoms with E-state index in [2.05, 4.69) is 4.98 Å². The molecule has 6 nitrogen and oxygen atoms in total. The Kier molecular flexibility index (Phi) is 4.29. The Morgan fingerprint density at radius 3 is 2.89 bits per heavy atom. The van der Waals surface area contributed by atoms with E-state index < -0.39 is 0 Å². The van der Waals surface area contributed by atoms with Crippen LogP contribution in [-0.2, 0) is 11.8 Å². The first-order valence-corrected chi connectivity index (χ1v) is 9.53. The zero-order chi connectivity index (χ0) is 19.2. The molecule has 142 valence electrons. The molecule has 4 rings (SSSR count). The first kappa shape index (κ1) is 17.8. The summed E-state index contributed by atoms with van der Waals surface area (Å²) in [6, 6.07) is 5.15. The van der Waals surface area contributed by atoms with Crippen molar-refractivity contribution < 1.29 is 9.90 Å². The number of hydrogen-bond acceptors (Lipinski definition) is 5. The van der Waals surface area contributed by atoms with Crippen molar-refractivity contribution in [3.05, 3.63) is 46.8 Å². The maximum Gasteiger partial charge on any atom is 0.254 e. The van der Waals surface area contributed by atoms with E-state index in [0.29, 0.717) is 17.7 Å². The number of anilines is 1. The van der Waals surface area contributed by atoms with Crippen LogP contribution in [0.15, 0.2) is 24.4 Å². The molecule has 1 saturated heterocycles. The zero-order valence-electron chi connectivity index (χ0n) is 16.2. The number of hydrogen-bond donors (Lipinski definition) is 1. The Hall–Kier alpha value is -2.63. The van der Waals surface area contributed by atoms with Crippen LogP contribution in [0.25, 0.3) is 0 Å². The highest BCUT2D eigenvalue weighted by Crippen LogP contribution is 2.44. The Balaban J connectivity index is 1.66. The molecule has 1 atom stereocenters. The van der Waals surface area contributed by atoms with E-state index >= 15 is 0 Å². The average Bonchev–Trinajstić information content (AvgIpc) is 3.01. The number of phenolic OH excluding ortho intramolecular Hbond substituents is 1. The van der Waals surface area contributed by atoms with Crippen LogP contribution in [0, 0.1) is 6.92 Å². The number of amides is 1. The van der Waals surface area contributed by atoms with E-state index in [9.17, 15) is 9.90 Å². The molecule has 6 heteroatoms. The summed E-state index contributed by atoms with van der Waals surface area (Å²) in [4.78, 5) is 26.4. The Morgan fingerprint density at radius 1 is 1.30 bits per heavy atom. The lowest BCUT2D eigenvalue weighted by molar-refractivity contribution is 0.0632. The molecule has 1 unspecified atom stereocenters. The van der Waals surface area contributed by atoms with Crippen LogP contribution in [-0.4, -0.2) is 53.1 Å². The summed E-state index contributed by atoms with van der Waals surface area (Å²) in [5, 5.41) is 9.97. The number of benzene rings is 1. The summed E-state index contributed by atoms with van der Waals surface area (Å²) in [7, 11) is 3.90. The maximum atomic E-state index is 13.2. The number of rotatable bonds is 2. The highest BCUT2D eigenvalue weighted by molar-refractivity contribution is 5.96. The van der Waals surface area contributed by atoms with Gasteiger partial charge in [0.25, 0.3) is 5.91 Å². The molecule has 27 heavy (non-hydrogen) atoms. The highest BCUT2D eigenvalue weighted by atomic mass is 16.3. The van der Waals surface area contributed by atoms with Crippen molar-refractivity contribution in [1.29, 1.82) is 0 Å². The summed E-state index contributed by atoms with van der Waals surface area (Å²) in [5.74, 6) is 0.891. The van der Waals surface area contributed by atoms with Gasteiger partial charge in [0.2, 0.25) is 5.95 Å². The number of carbonyl (C=O) groups is 1. The Morgan fingerprint density at radius 2 is 2.11 bits per heavy atom. The lowest BCUT2D eigenvalue weighted by Crippen LogP contribution is -2.48. The van der Waals surface area contributed by atoms with E-state index in [0.717, 1.165) is 43.9 Å². The van der Waals surface area contributed by atoms with Crippen LogP contribution < -0.4 is 4.90 Å². The molecule has 0 radical (unpaired) electrons. The van der Waals surface area contributed by atoms with Gasteiger partial charge in [-0.05, 0) is 50.3 Å². The number of aromatic hydroxyl groups is 1. The monoisotopic (exact) mass is 366 g/mol. The van der Waals surface area contributed by atoms with Gasteiger partial charge < -0.3 is 14.9 Å². The number of likely N-dealkylation sites (tertiary alicyclic amines) is 1. The second-order valence-electron chi connectivity index (χ2n) is 8.00. The standard InChI is InChI=1S/C21H26N4O2/c1-14-16(6-4-7-17(14)26)19(27)25-11-5-9-21(13-25)10-8-15-12-22-20(24(2)3)23-18(15)21/h4,6-7,12,26H,5,8-11,13H2,1-3H3. The SMILES string of the molecule is Cc1c(O)cccc1C(=O)N1CCCC2(CCc3cnc(N(C)C)nc32)C1.